The zero-order valence-corrected chi connectivity index (χ0v) is 13.3. The third kappa shape index (κ3) is 5.74. The van der Waals surface area contributed by atoms with Gasteiger partial charge in [-0.3, -0.25) is 4.79 Å². The molecule has 0 atom stereocenters. The van der Waals surface area contributed by atoms with Crippen molar-refractivity contribution in [1.82, 2.24) is 0 Å². The van der Waals surface area contributed by atoms with E-state index >= 15 is 0 Å². The second-order valence-corrected chi connectivity index (χ2v) is 5.92. The highest BCUT2D eigenvalue weighted by Crippen LogP contribution is 2.24. The Balaban J connectivity index is 2.65. The minimum Gasteiger partial charge on any atom is -0.494 e. The van der Waals surface area contributed by atoms with E-state index in [9.17, 15) is 4.79 Å². The molecule has 0 unspecified atom stereocenters. The standard InChI is InChI=1S/C15H20O2S2/c1-4-5-10-17-13-8-6-12(7-9-13)14(16)11-15(18-2)19-3/h6-9,11H,4-5,10H2,1-3H3. The smallest absolute Gasteiger partial charge is 0.187 e. The lowest BCUT2D eigenvalue weighted by Gasteiger charge is -2.05. The van der Waals surface area contributed by atoms with Crippen LogP contribution in [0.2, 0.25) is 0 Å². The first-order valence-electron chi connectivity index (χ1n) is 6.28. The first-order chi connectivity index (χ1) is 9.21. The van der Waals surface area contributed by atoms with E-state index in [1.807, 2.05) is 36.8 Å². The van der Waals surface area contributed by atoms with Gasteiger partial charge >= 0.3 is 0 Å². The minimum atomic E-state index is 0.0406. The van der Waals surface area contributed by atoms with Crippen molar-refractivity contribution in [2.24, 2.45) is 0 Å². The number of rotatable bonds is 8. The van der Waals surface area contributed by atoms with E-state index in [4.69, 9.17) is 4.74 Å². The number of carbonyl (C=O) groups excluding carboxylic acids is 1. The summed E-state index contributed by atoms with van der Waals surface area (Å²) in [5, 5.41) is 0. The van der Waals surface area contributed by atoms with Crippen molar-refractivity contribution in [3.63, 3.8) is 0 Å². The van der Waals surface area contributed by atoms with Gasteiger partial charge in [0.25, 0.3) is 0 Å². The summed E-state index contributed by atoms with van der Waals surface area (Å²) < 4.78 is 6.59. The van der Waals surface area contributed by atoms with E-state index in [0.29, 0.717) is 5.56 Å². The Hall–Kier alpha value is -0.870. The Kier molecular flexibility index (Phi) is 7.75. The molecule has 0 radical (unpaired) electrons. The summed E-state index contributed by atoms with van der Waals surface area (Å²) in [5.74, 6) is 0.864. The van der Waals surface area contributed by atoms with E-state index in [2.05, 4.69) is 6.92 Å². The van der Waals surface area contributed by atoms with Crippen LogP contribution in [0.4, 0.5) is 0 Å². The number of thioether (sulfide) groups is 2. The monoisotopic (exact) mass is 296 g/mol. The molecule has 0 aromatic heterocycles. The van der Waals surface area contributed by atoms with E-state index in [1.54, 1.807) is 29.6 Å². The Morgan fingerprint density at radius 2 is 1.84 bits per heavy atom. The van der Waals surface area contributed by atoms with Gasteiger partial charge in [-0.1, -0.05) is 13.3 Å². The Labute approximate surface area is 124 Å². The van der Waals surface area contributed by atoms with Gasteiger partial charge in [-0.15, -0.1) is 23.5 Å². The van der Waals surface area contributed by atoms with Crippen molar-refractivity contribution in [2.75, 3.05) is 19.1 Å². The van der Waals surface area contributed by atoms with E-state index in [1.165, 1.54) is 0 Å². The van der Waals surface area contributed by atoms with Gasteiger partial charge in [0.15, 0.2) is 5.78 Å². The molecule has 2 nitrogen and oxygen atoms in total. The van der Waals surface area contributed by atoms with Gasteiger partial charge < -0.3 is 4.74 Å². The van der Waals surface area contributed by atoms with Crippen molar-refractivity contribution in [2.45, 2.75) is 19.8 Å². The SMILES string of the molecule is CCCCOc1ccc(C(=O)C=C(SC)SC)cc1. The average molecular weight is 296 g/mol. The van der Waals surface area contributed by atoms with Gasteiger partial charge in [0.05, 0.1) is 6.61 Å². The molecule has 1 aromatic rings. The van der Waals surface area contributed by atoms with Gasteiger partial charge in [0, 0.05) is 15.9 Å². The summed E-state index contributed by atoms with van der Waals surface area (Å²) in [6.45, 7) is 2.86. The zero-order valence-electron chi connectivity index (χ0n) is 11.6. The molecule has 0 heterocycles. The van der Waals surface area contributed by atoms with Crippen LogP contribution in [0.1, 0.15) is 30.1 Å². The molecule has 0 bridgehead atoms. The number of allylic oxidation sites excluding steroid dienone is 1. The summed E-state index contributed by atoms with van der Waals surface area (Å²) in [6, 6.07) is 7.35. The molecular weight excluding hydrogens is 276 g/mol. The highest BCUT2D eigenvalue weighted by molar-refractivity contribution is 8.21. The van der Waals surface area contributed by atoms with Crippen LogP contribution in [0.3, 0.4) is 0 Å². The number of ketones is 1. The molecule has 1 rings (SSSR count). The quantitative estimate of drug-likeness (QED) is 0.397. The van der Waals surface area contributed by atoms with E-state index in [0.717, 1.165) is 29.4 Å². The molecule has 0 fully saturated rings. The van der Waals surface area contributed by atoms with E-state index < -0.39 is 0 Å². The third-order valence-electron chi connectivity index (χ3n) is 2.56. The lowest BCUT2D eigenvalue weighted by atomic mass is 10.1. The van der Waals surface area contributed by atoms with Crippen LogP contribution in [0.25, 0.3) is 0 Å². The van der Waals surface area contributed by atoms with Crippen LogP contribution in [-0.2, 0) is 0 Å². The largest absolute Gasteiger partial charge is 0.494 e. The Morgan fingerprint density at radius 3 is 2.37 bits per heavy atom. The highest BCUT2D eigenvalue weighted by Gasteiger charge is 2.04. The fourth-order valence-corrected chi connectivity index (χ4v) is 2.56. The third-order valence-corrected chi connectivity index (χ3v) is 4.60. The molecule has 0 aliphatic carbocycles. The van der Waals surface area contributed by atoms with Crippen LogP contribution >= 0.6 is 23.5 Å². The Bertz CT molecular complexity index is 418. The molecule has 0 N–H and O–H groups in total. The van der Waals surface area contributed by atoms with Crippen molar-refractivity contribution in [3.05, 3.63) is 40.1 Å². The summed E-state index contributed by atoms with van der Waals surface area (Å²) in [6.07, 6.45) is 7.80. The fourth-order valence-electron chi connectivity index (χ4n) is 1.44. The van der Waals surface area contributed by atoms with E-state index in [-0.39, 0.29) is 5.78 Å². The number of unbranched alkanes of at least 4 members (excludes halogenated alkanes) is 1. The van der Waals surface area contributed by atoms with Gasteiger partial charge in [-0.2, -0.15) is 0 Å². The molecule has 0 saturated heterocycles. The first-order valence-corrected chi connectivity index (χ1v) is 8.73. The van der Waals surface area contributed by atoms with Gasteiger partial charge in [0.1, 0.15) is 5.75 Å². The van der Waals surface area contributed by atoms with Crippen molar-refractivity contribution >= 4 is 29.3 Å². The maximum atomic E-state index is 12.0. The molecule has 104 valence electrons. The zero-order chi connectivity index (χ0) is 14.1. The van der Waals surface area contributed by atoms with Gasteiger partial charge in [-0.25, -0.2) is 0 Å². The summed E-state index contributed by atoms with van der Waals surface area (Å²) in [7, 11) is 0. The van der Waals surface area contributed by atoms with Crippen LogP contribution in [-0.4, -0.2) is 24.9 Å². The maximum Gasteiger partial charge on any atom is 0.187 e. The topological polar surface area (TPSA) is 26.3 Å². The first kappa shape index (κ1) is 16.2. The average Bonchev–Trinajstić information content (AvgIpc) is 2.45. The fraction of sp³-hybridized carbons (Fsp3) is 0.400. The van der Waals surface area contributed by atoms with Gasteiger partial charge in [0.2, 0.25) is 0 Å². The molecule has 1 aromatic carbocycles. The molecule has 0 amide bonds. The molecule has 0 aliphatic heterocycles. The van der Waals surface area contributed by atoms with Crippen molar-refractivity contribution < 1.29 is 9.53 Å². The summed E-state index contributed by atoms with van der Waals surface area (Å²) in [4.78, 5) is 12.0. The minimum absolute atomic E-state index is 0.0406. The van der Waals surface area contributed by atoms with Crippen LogP contribution in [0, 0.1) is 0 Å². The molecule has 0 saturated carbocycles. The maximum absolute atomic E-state index is 12.0. The number of benzene rings is 1. The molecule has 0 spiro atoms. The van der Waals surface area contributed by atoms with Crippen molar-refractivity contribution in [3.8, 4) is 5.75 Å². The Morgan fingerprint density at radius 1 is 1.21 bits per heavy atom. The van der Waals surface area contributed by atoms with Crippen LogP contribution < -0.4 is 4.74 Å². The summed E-state index contributed by atoms with van der Waals surface area (Å²) >= 11 is 3.18. The normalized spacial score (nSPS) is 10.1. The number of carbonyl (C=O) groups is 1. The second kappa shape index (κ2) is 9.10. The lowest BCUT2D eigenvalue weighted by Crippen LogP contribution is -1.98. The number of ether oxygens (including phenoxy) is 1. The van der Waals surface area contributed by atoms with Crippen LogP contribution in [0.15, 0.2) is 34.6 Å². The molecule has 0 aliphatic rings. The lowest BCUT2D eigenvalue weighted by molar-refractivity contribution is 0.104. The predicted octanol–water partition coefficient (Wildman–Crippen LogP) is 4.62. The van der Waals surface area contributed by atoms with Crippen LogP contribution in [0.5, 0.6) is 5.75 Å². The summed E-state index contributed by atoms with van der Waals surface area (Å²) in [5.41, 5.74) is 0.698. The van der Waals surface area contributed by atoms with Crippen molar-refractivity contribution in [1.29, 1.82) is 0 Å². The van der Waals surface area contributed by atoms with Gasteiger partial charge in [-0.05, 0) is 43.2 Å². The molecule has 4 heteroatoms. The molecule has 19 heavy (non-hydrogen) atoms. The molecular formula is C15H20O2S2. The second-order valence-electron chi connectivity index (χ2n) is 3.96. The predicted molar refractivity (Wildman–Crippen MR) is 86.3 cm³/mol. The highest BCUT2D eigenvalue weighted by atomic mass is 32.2. The number of hydrogen-bond acceptors (Lipinski definition) is 4. The number of hydrogen-bond donors (Lipinski definition) is 0.